The first-order valence-corrected chi connectivity index (χ1v) is 9.79. The average molecular weight is 382 g/mol. The van der Waals surface area contributed by atoms with Gasteiger partial charge in [0.25, 0.3) is 0 Å². The van der Waals surface area contributed by atoms with Crippen LogP contribution in [0.1, 0.15) is 25.7 Å². The molecule has 5 nitrogen and oxygen atoms in total. The topological polar surface area (TPSA) is 45.8 Å². The lowest BCUT2D eigenvalue weighted by molar-refractivity contribution is 0.0518. The Morgan fingerprint density at radius 3 is 3.00 bits per heavy atom. The summed E-state index contributed by atoms with van der Waals surface area (Å²) in [5.41, 5.74) is 1.27. The van der Waals surface area contributed by atoms with Gasteiger partial charge in [0.15, 0.2) is 0 Å². The van der Waals surface area contributed by atoms with Gasteiger partial charge in [-0.25, -0.2) is 0 Å². The van der Waals surface area contributed by atoms with Crippen molar-refractivity contribution in [2.24, 2.45) is 5.92 Å². The van der Waals surface area contributed by atoms with Crippen LogP contribution in [0, 0.1) is 5.92 Å². The highest BCUT2D eigenvalue weighted by Crippen LogP contribution is 2.31. The molecule has 0 bridgehead atoms. The molecule has 3 fully saturated rings. The van der Waals surface area contributed by atoms with Gasteiger partial charge in [-0.1, -0.05) is 12.5 Å². The molecule has 4 atom stereocenters. The van der Waals surface area contributed by atoms with Gasteiger partial charge in [-0.2, -0.15) is 0 Å². The lowest BCUT2D eigenvalue weighted by Gasteiger charge is -2.34. The van der Waals surface area contributed by atoms with Crippen molar-refractivity contribution in [3.8, 4) is 5.75 Å². The third-order valence-corrected chi connectivity index (χ3v) is 6.09. The van der Waals surface area contributed by atoms with Gasteiger partial charge in [0.1, 0.15) is 5.75 Å². The second-order valence-electron chi connectivity index (χ2n) is 7.64. The molecule has 3 aliphatic rings. The SMILES string of the molecule is COc1cccc(N2CCC(NC3CCCC3C3COCCN3)C2)c1.Cl. The first-order chi connectivity index (χ1) is 12.3. The van der Waals surface area contributed by atoms with Crippen molar-refractivity contribution in [2.45, 2.75) is 43.8 Å². The number of benzene rings is 1. The molecule has 2 aliphatic heterocycles. The maximum atomic E-state index is 5.70. The quantitative estimate of drug-likeness (QED) is 0.820. The minimum absolute atomic E-state index is 0. The molecule has 1 aliphatic carbocycles. The van der Waals surface area contributed by atoms with E-state index in [2.05, 4.69) is 33.7 Å². The Morgan fingerprint density at radius 2 is 2.19 bits per heavy atom. The molecule has 0 spiro atoms. The number of nitrogens with one attached hydrogen (secondary N) is 2. The highest BCUT2D eigenvalue weighted by atomic mass is 35.5. The predicted molar refractivity (Wildman–Crippen MR) is 108 cm³/mol. The van der Waals surface area contributed by atoms with Gasteiger partial charge in [-0.05, 0) is 37.3 Å². The molecular weight excluding hydrogens is 350 g/mol. The number of hydrogen-bond acceptors (Lipinski definition) is 5. The first-order valence-electron chi connectivity index (χ1n) is 9.79. The number of hydrogen-bond donors (Lipinski definition) is 2. The van der Waals surface area contributed by atoms with E-state index in [9.17, 15) is 0 Å². The van der Waals surface area contributed by atoms with Crippen LogP contribution in [0.2, 0.25) is 0 Å². The molecule has 1 aromatic rings. The fraction of sp³-hybridized carbons (Fsp3) is 0.700. The minimum Gasteiger partial charge on any atom is -0.497 e. The van der Waals surface area contributed by atoms with Crippen molar-refractivity contribution in [2.75, 3.05) is 44.9 Å². The van der Waals surface area contributed by atoms with E-state index in [1.54, 1.807) is 7.11 Å². The van der Waals surface area contributed by atoms with Crippen molar-refractivity contribution in [3.63, 3.8) is 0 Å². The van der Waals surface area contributed by atoms with Crippen LogP contribution in [0.3, 0.4) is 0 Å². The van der Waals surface area contributed by atoms with Crippen molar-refractivity contribution in [1.29, 1.82) is 0 Å². The number of rotatable bonds is 5. The highest BCUT2D eigenvalue weighted by Gasteiger charge is 2.36. The summed E-state index contributed by atoms with van der Waals surface area (Å²) in [6.45, 7) is 4.95. The van der Waals surface area contributed by atoms with Gasteiger partial charge in [0.2, 0.25) is 0 Å². The summed E-state index contributed by atoms with van der Waals surface area (Å²) in [7, 11) is 1.73. The smallest absolute Gasteiger partial charge is 0.120 e. The predicted octanol–water partition coefficient (Wildman–Crippen LogP) is 2.44. The van der Waals surface area contributed by atoms with Crippen LogP contribution in [0.15, 0.2) is 24.3 Å². The fourth-order valence-corrected chi connectivity index (χ4v) is 4.78. The van der Waals surface area contributed by atoms with E-state index < -0.39 is 0 Å². The Hall–Kier alpha value is -1.01. The number of morpholine rings is 1. The zero-order chi connectivity index (χ0) is 17.1. The molecule has 1 saturated carbocycles. The van der Waals surface area contributed by atoms with Gasteiger partial charge in [0, 0.05) is 49.5 Å². The molecule has 6 heteroatoms. The number of nitrogens with zero attached hydrogens (tertiary/aromatic N) is 1. The van der Waals surface area contributed by atoms with E-state index in [1.165, 1.54) is 31.4 Å². The van der Waals surface area contributed by atoms with Crippen molar-refractivity contribution < 1.29 is 9.47 Å². The molecule has 4 rings (SSSR count). The number of methoxy groups -OCH3 is 1. The highest BCUT2D eigenvalue weighted by molar-refractivity contribution is 5.85. The first kappa shape index (κ1) is 19.7. The molecule has 0 aromatic heterocycles. The summed E-state index contributed by atoms with van der Waals surface area (Å²) in [4.78, 5) is 2.48. The van der Waals surface area contributed by atoms with Crippen LogP contribution in [-0.2, 0) is 4.74 Å². The second-order valence-corrected chi connectivity index (χ2v) is 7.64. The van der Waals surface area contributed by atoms with Gasteiger partial charge in [-0.15, -0.1) is 12.4 Å². The Morgan fingerprint density at radius 1 is 1.27 bits per heavy atom. The van der Waals surface area contributed by atoms with Crippen molar-refractivity contribution in [1.82, 2.24) is 10.6 Å². The lowest BCUT2D eigenvalue weighted by Crippen LogP contribution is -2.52. The van der Waals surface area contributed by atoms with Crippen LogP contribution >= 0.6 is 12.4 Å². The van der Waals surface area contributed by atoms with E-state index in [0.717, 1.165) is 38.6 Å². The Kier molecular flexibility index (Phi) is 7.04. The van der Waals surface area contributed by atoms with Gasteiger partial charge >= 0.3 is 0 Å². The Bertz CT molecular complexity index is 568. The molecule has 26 heavy (non-hydrogen) atoms. The van der Waals surface area contributed by atoms with Crippen molar-refractivity contribution in [3.05, 3.63) is 24.3 Å². The van der Waals surface area contributed by atoms with Crippen molar-refractivity contribution >= 4 is 18.1 Å². The number of anilines is 1. The lowest BCUT2D eigenvalue weighted by atomic mass is 9.93. The minimum atomic E-state index is 0. The van der Waals surface area contributed by atoms with Gasteiger partial charge in [0.05, 0.1) is 20.3 Å². The molecule has 1 aromatic carbocycles. The third kappa shape index (κ3) is 4.45. The largest absolute Gasteiger partial charge is 0.497 e. The maximum Gasteiger partial charge on any atom is 0.120 e. The number of halogens is 1. The number of ether oxygens (including phenoxy) is 2. The van der Waals surface area contributed by atoms with E-state index in [0.29, 0.717) is 24.0 Å². The van der Waals surface area contributed by atoms with E-state index in [1.807, 2.05) is 6.07 Å². The van der Waals surface area contributed by atoms with Crippen LogP contribution in [0.5, 0.6) is 5.75 Å². The van der Waals surface area contributed by atoms with E-state index in [4.69, 9.17) is 9.47 Å². The summed E-state index contributed by atoms with van der Waals surface area (Å²) < 4.78 is 11.1. The normalized spacial score (nSPS) is 31.7. The zero-order valence-electron chi connectivity index (χ0n) is 15.7. The Labute approximate surface area is 163 Å². The monoisotopic (exact) mass is 381 g/mol. The molecule has 0 amide bonds. The third-order valence-electron chi connectivity index (χ3n) is 6.09. The molecule has 2 N–H and O–H groups in total. The second kappa shape index (κ2) is 9.27. The van der Waals surface area contributed by atoms with Crippen LogP contribution in [0.4, 0.5) is 5.69 Å². The molecule has 2 heterocycles. The van der Waals surface area contributed by atoms with Gasteiger partial charge < -0.3 is 25.0 Å². The van der Waals surface area contributed by atoms with E-state index >= 15 is 0 Å². The Balaban J connectivity index is 0.00000196. The zero-order valence-corrected chi connectivity index (χ0v) is 16.5. The van der Waals surface area contributed by atoms with Gasteiger partial charge in [-0.3, -0.25) is 0 Å². The molecule has 2 saturated heterocycles. The molecule has 146 valence electrons. The summed E-state index contributed by atoms with van der Waals surface area (Å²) in [6, 6.07) is 10.2. The van der Waals surface area contributed by atoms with E-state index in [-0.39, 0.29) is 12.4 Å². The molecular formula is C20H32ClN3O2. The standard InChI is InChI=1S/C20H31N3O2.ClH/c1-24-17-5-2-4-16(12-17)23-10-8-15(13-23)22-19-7-3-6-18(19)20-14-25-11-9-21-20;/h2,4-5,12,15,18-22H,3,6-11,13-14H2,1H3;1H. The fourth-order valence-electron chi connectivity index (χ4n) is 4.78. The van der Waals surface area contributed by atoms with Crippen LogP contribution < -0.4 is 20.3 Å². The maximum absolute atomic E-state index is 5.70. The summed E-state index contributed by atoms with van der Waals surface area (Å²) in [6.07, 6.45) is 5.19. The van der Waals surface area contributed by atoms with Crippen LogP contribution in [0.25, 0.3) is 0 Å². The molecule has 0 radical (unpaired) electrons. The molecule has 4 unspecified atom stereocenters. The summed E-state index contributed by atoms with van der Waals surface area (Å²) >= 11 is 0. The summed E-state index contributed by atoms with van der Waals surface area (Å²) in [5, 5.41) is 7.66. The average Bonchev–Trinajstić information content (AvgIpc) is 3.32. The van der Waals surface area contributed by atoms with Crippen LogP contribution in [-0.4, -0.2) is 58.1 Å². The summed E-state index contributed by atoms with van der Waals surface area (Å²) in [5.74, 6) is 1.65.